The smallest absolute Gasteiger partial charge is 0.267 e. The molecule has 2 aliphatic rings. The van der Waals surface area contributed by atoms with Gasteiger partial charge in [-0.2, -0.15) is 0 Å². The summed E-state index contributed by atoms with van der Waals surface area (Å²) >= 11 is 0. The quantitative estimate of drug-likeness (QED) is 0.694. The molecular weight excluding hydrogens is 288 g/mol. The maximum atomic E-state index is 13.1. The first kappa shape index (κ1) is 12.9. The van der Waals surface area contributed by atoms with Gasteiger partial charge in [0.1, 0.15) is 0 Å². The molecule has 1 aliphatic heterocycles. The number of nitrogens with zero attached hydrogens (tertiary/aromatic N) is 2. The van der Waals surface area contributed by atoms with Crippen LogP contribution in [0.4, 0.5) is 0 Å². The summed E-state index contributed by atoms with van der Waals surface area (Å²) in [6.45, 7) is 0. The van der Waals surface area contributed by atoms with E-state index in [0.29, 0.717) is 10.8 Å². The van der Waals surface area contributed by atoms with Crippen LogP contribution in [0.3, 0.4) is 0 Å². The van der Waals surface area contributed by atoms with Gasteiger partial charge in [-0.3, -0.25) is 9.59 Å². The number of hydrogen-bond donors (Lipinski definition) is 0. The van der Waals surface area contributed by atoms with Crippen molar-refractivity contribution in [3.8, 4) is 0 Å². The van der Waals surface area contributed by atoms with E-state index in [2.05, 4.69) is 0 Å². The highest BCUT2D eigenvalue weighted by Crippen LogP contribution is 2.53. The summed E-state index contributed by atoms with van der Waals surface area (Å²) in [6.07, 6.45) is 2.80. The summed E-state index contributed by atoms with van der Waals surface area (Å²) in [5.74, 6) is 0. The minimum Gasteiger partial charge on any atom is -0.267 e. The number of hydrogen-bond acceptors (Lipinski definition) is 2. The van der Waals surface area contributed by atoms with Crippen molar-refractivity contribution in [2.75, 3.05) is 0 Å². The summed E-state index contributed by atoms with van der Waals surface area (Å²) in [6, 6.07) is 17.1. The van der Waals surface area contributed by atoms with Gasteiger partial charge in [0.05, 0.1) is 22.4 Å². The molecule has 1 fully saturated rings. The molecule has 1 aliphatic carbocycles. The van der Waals surface area contributed by atoms with Crippen LogP contribution in [-0.4, -0.2) is 9.36 Å². The van der Waals surface area contributed by atoms with Crippen molar-refractivity contribution in [3.05, 3.63) is 80.9 Å². The van der Waals surface area contributed by atoms with Crippen LogP contribution < -0.4 is 11.1 Å². The van der Waals surface area contributed by atoms with E-state index in [1.54, 1.807) is 21.5 Å². The van der Waals surface area contributed by atoms with Gasteiger partial charge in [-0.25, -0.2) is 9.36 Å². The van der Waals surface area contributed by atoms with Gasteiger partial charge in [-0.1, -0.05) is 42.5 Å². The van der Waals surface area contributed by atoms with Crippen molar-refractivity contribution >= 4 is 10.8 Å². The fourth-order valence-electron chi connectivity index (χ4n) is 4.03. The van der Waals surface area contributed by atoms with E-state index in [4.69, 9.17) is 0 Å². The molecular formula is C19H16N2O2. The molecule has 5 rings (SSSR count). The second-order valence-corrected chi connectivity index (χ2v) is 6.67. The van der Waals surface area contributed by atoms with E-state index >= 15 is 0 Å². The Labute approximate surface area is 132 Å². The lowest BCUT2D eigenvalue weighted by Gasteiger charge is -2.16. The standard InChI is InChI=1S/C19H16N2O2/c22-17-14-8-4-5-9-15(14)18(23)21-19(10-11-19)12-16(20(17)21)13-6-2-1-3-7-13/h1-9,16H,10-12H2. The predicted octanol–water partition coefficient (Wildman–Crippen LogP) is 2.65. The maximum absolute atomic E-state index is 13.1. The largest absolute Gasteiger partial charge is 0.273 e. The maximum Gasteiger partial charge on any atom is 0.273 e. The molecule has 4 heteroatoms. The lowest BCUT2D eigenvalue weighted by atomic mass is 10.0. The summed E-state index contributed by atoms with van der Waals surface area (Å²) in [5, 5.41) is 1.06. The average molecular weight is 304 g/mol. The van der Waals surface area contributed by atoms with Gasteiger partial charge in [0.25, 0.3) is 11.1 Å². The van der Waals surface area contributed by atoms with Crippen LogP contribution in [0.2, 0.25) is 0 Å². The lowest BCUT2D eigenvalue weighted by Crippen LogP contribution is -2.39. The zero-order valence-electron chi connectivity index (χ0n) is 12.6. The van der Waals surface area contributed by atoms with Gasteiger partial charge in [-0.15, -0.1) is 0 Å². The molecule has 0 bridgehead atoms. The van der Waals surface area contributed by atoms with Gasteiger partial charge >= 0.3 is 0 Å². The number of aromatic nitrogens is 2. The molecule has 0 radical (unpaired) electrons. The highest BCUT2D eigenvalue weighted by molar-refractivity contribution is 5.80. The van der Waals surface area contributed by atoms with Gasteiger partial charge in [0.15, 0.2) is 0 Å². The topological polar surface area (TPSA) is 44.0 Å². The summed E-state index contributed by atoms with van der Waals surface area (Å²) in [5.41, 5.74) is 0.858. The molecule has 1 aromatic heterocycles. The van der Waals surface area contributed by atoms with Crippen LogP contribution in [-0.2, 0) is 5.54 Å². The average Bonchev–Trinajstić information content (AvgIpc) is 3.28. The van der Waals surface area contributed by atoms with E-state index in [0.717, 1.165) is 24.8 Å². The highest BCUT2D eigenvalue weighted by atomic mass is 16.2. The minimum absolute atomic E-state index is 0.0314. The first-order chi connectivity index (χ1) is 11.2. The molecule has 0 amide bonds. The van der Waals surface area contributed by atoms with Crippen molar-refractivity contribution in [2.24, 2.45) is 0 Å². The molecule has 2 aromatic carbocycles. The molecule has 3 aromatic rings. The van der Waals surface area contributed by atoms with Crippen LogP contribution >= 0.6 is 0 Å². The Kier molecular flexibility index (Phi) is 2.36. The van der Waals surface area contributed by atoms with Crippen molar-refractivity contribution in [1.82, 2.24) is 9.36 Å². The molecule has 1 spiro atoms. The number of benzene rings is 2. The Hall–Kier alpha value is -2.62. The third kappa shape index (κ3) is 1.61. The first-order valence-electron chi connectivity index (χ1n) is 8.03. The van der Waals surface area contributed by atoms with Crippen LogP contribution in [0, 0.1) is 0 Å². The monoisotopic (exact) mass is 304 g/mol. The Balaban J connectivity index is 1.90. The zero-order chi connectivity index (χ0) is 15.6. The fourth-order valence-corrected chi connectivity index (χ4v) is 4.03. The Morgan fingerprint density at radius 1 is 0.826 bits per heavy atom. The molecule has 1 unspecified atom stereocenters. The van der Waals surface area contributed by atoms with E-state index in [-0.39, 0.29) is 22.7 Å². The van der Waals surface area contributed by atoms with Gasteiger partial charge in [0.2, 0.25) is 0 Å². The molecule has 1 atom stereocenters. The lowest BCUT2D eigenvalue weighted by molar-refractivity contribution is 0.441. The minimum atomic E-state index is -0.152. The van der Waals surface area contributed by atoms with Crippen molar-refractivity contribution in [2.45, 2.75) is 30.8 Å². The van der Waals surface area contributed by atoms with Crippen LogP contribution in [0.25, 0.3) is 10.8 Å². The zero-order valence-corrected chi connectivity index (χ0v) is 12.6. The molecule has 0 N–H and O–H groups in total. The summed E-state index contributed by atoms with van der Waals surface area (Å²) in [4.78, 5) is 26.1. The molecule has 4 nitrogen and oxygen atoms in total. The summed E-state index contributed by atoms with van der Waals surface area (Å²) < 4.78 is 3.47. The molecule has 114 valence electrons. The second kappa shape index (κ2) is 4.22. The highest BCUT2D eigenvalue weighted by Gasteiger charge is 2.54. The van der Waals surface area contributed by atoms with Crippen molar-refractivity contribution < 1.29 is 0 Å². The fraction of sp³-hybridized carbons (Fsp3) is 0.263. The van der Waals surface area contributed by atoms with E-state index in [1.807, 2.05) is 42.5 Å². The van der Waals surface area contributed by atoms with Crippen LogP contribution in [0.1, 0.15) is 30.9 Å². The number of fused-ring (bicyclic) bond motifs is 3. The van der Waals surface area contributed by atoms with Gasteiger partial charge < -0.3 is 0 Å². The molecule has 0 saturated heterocycles. The Morgan fingerprint density at radius 2 is 1.43 bits per heavy atom. The molecule has 23 heavy (non-hydrogen) atoms. The first-order valence-corrected chi connectivity index (χ1v) is 8.03. The second-order valence-electron chi connectivity index (χ2n) is 6.67. The molecule has 2 heterocycles. The van der Waals surface area contributed by atoms with E-state index in [1.165, 1.54) is 0 Å². The Morgan fingerprint density at radius 3 is 2.09 bits per heavy atom. The van der Waals surface area contributed by atoms with E-state index in [9.17, 15) is 9.59 Å². The normalized spacial score (nSPS) is 20.8. The van der Waals surface area contributed by atoms with Crippen molar-refractivity contribution in [1.29, 1.82) is 0 Å². The van der Waals surface area contributed by atoms with Crippen LogP contribution in [0.15, 0.2) is 64.2 Å². The predicted molar refractivity (Wildman–Crippen MR) is 88.9 cm³/mol. The van der Waals surface area contributed by atoms with Gasteiger partial charge in [0, 0.05) is 0 Å². The number of rotatable bonds is 1. The molecule has 1 saturated carbocycles. The summed E-state index contributed by atoms with van der Waals surface area (Å²) in [7, 11) is 0. The third-order valence-corrected chi connectivity index (χ3v) is 5.33. The Bertz CT molecular complexity index is 1040. The van der Waals surface area contributed by atoms with Crippen LogP contribution in [0.5, 0.6) is 0 Å². The SMILES string of the molecule is O=c1c2ccccc2c(=O)n2n1C(c1ccccc1)CC21CC1. The third-order valence-electron chi connectivity index (χ3n) is 5.33. The van der Waals surface area contributed by atoms with E-state index < -0.39 is 0 Å². The van der Waals surface area contributed by atoms with Gasteiger partial charge in [-0.05, 0) is 37.0 Å². The van der Waals surface area contributed by atoms with Crippen molar-refractivity contribution in [3.63, 3.8) is 0 Å².